The van der Waals surface area contributed by atoms with Gasteiger partial charge in [0.25, 0.3) is 0 Å². The number of piperidine rings is 1. The molecule has 2 amide bonds. The zero-order valence-corrected chi connectivity index (χ0v) is 33.5. The minimum absolute atomic E-state index is 0.0262. The molecule has 6 rings (SSSR count). The molecule has 0 bridgehead atoms. The van der Waals surface area contributed by atoms with Crippen LogP contribution in [0.2, 0.25) is 0 Å². The number of nitrogens with one attached hydrogen (secondary N) is 2. The van der Waals surface area contributed by atoms with E-state index < -0.39 is 35.0 Å². The molecule has 0 spiro atoms. The normalized spacial score (nSPS) is 45.2. The molecular weight excluding hydrogens is 642 g/mol. The van der Waals surface area contributed by atoms with Gasteiger partial charge >= 0.3 is 0 Å². The number of hydrogen-bond acceptors (Lipinski definition) is 7. The van der Waals surface area contributed by atoms with E-state index in [1.54, 1.807) is 0 Å². The minimum atomic E-state index is -1.08. The molecule has 1 saturated heterocycles. The summed E-state index contributed by atoms with van der Waals surface area (Å²) in [6, 6.07) is -1.30. The zero-order chi connectivity index (χ0) is 38.0. The summed E-state index contributed by atoms with van der Waals surface area (Å²) in [6.07, 6.45) is 10.5. The lowest BCUT2D eigenvalue weighted by atomic mass is 9.33. The monoisotopic (exact) mass is 712 g/mol. The number of hydrogen-bond donors (Lipinski definition) is 5. The predicted molar refractivity (Wildman–Crippen MR) is 197 cm³/mol. The molecule has 0 aromatic rings. The maximum Gasteiger partial charge on any atom is 0.245 e. The van der Waals surface area contributed by atoms with Gasteiger partial charge in [0, 0.05) is 28.5 Å². The lowest BCUT2D eigenvalue weighted by Crippen LogP contribution is -2.66. The summed E-state index contributed by atoms with van der Waals surface area (Å²) in [6.45, 7) is 23.1. The Morgan fingerprint density at radius 1 is 0.863 bits per heavy atom. The summed E-state index contributed by atoms with van der Waals surface area (Å²) in [5, 5.41) is 39.5. The van der Waals surface area contributed by atoms with Crippen molar-refractivity contribution in [2.45, 2.75) is 176 Å². The number of aliphatic hydroxyl groups is 2. The van der Waals surface area contributed by atoms with Crippen molar-refractivity contribution < 1.29 is 29.8 Å². The molecule has 1 heterocycles. The number of ketones is 1. The van der Waals surface area contributed by atoms with Crippen LogP contribution in [0.25, 0.3) is 0 Å². The van der Waals surface area contributed by atoms with E-state index in [2.05, 4.69) is 52.2 Å². The van der Waals surface area contributed by atoms with Gasteiger partial charge in [-0.15, -0.1) is 0 Å². The van der Waals surface area contributed by atoms with E-state index in [1.807, 2.05) is 40.7 Å². The maximum atomic E-state index is 14.7. The second-order valence-corrected chi connectivity index (χ2v) is 21.4. The van der Waals surface area contributed by atoms with Crippen molar-refractivity contribution in [3.05, 3.63) is 11.6 Å². The molecule has 0 aromatic heterocycles. The Kier molecular flexibility index (Phi) is 9.23. The first-order chi connectivity index (χ1) is 23.3. The van der Waals surface area contributed by atoms with Crippen LogP contribution in [0.1, 0.15) is 147 Å². The van der Waals surface area contributed by atoms with Crippen molar-refractivity contribution in [2.75, 3.05) is 6.61 Å². The van der Waals surface area contributed by atoms with E-state index in [4.69, 9.17) is 0 Å². The van der Waals surface area contributed by atoms with Gasteiger partial charge in [-0.25, -0.2) is 0 Å². The number of nitrogens with zero attached hydrogens (tertiary/aromatic N) is 1. The van der Waals surface area contributed by atoms with E-state index in [0.717, 1.165) is 44.9 Å². The Morgan fingerprint density at radius 3 is 2.08 bits per heavy atom. The second kappa shape index (κ2) is 12.1. The third-order valence-corrected chi connectivity index (χ3v) is 16.9. The SMILES string of the molecule is CC1(C)[C@@H](O)CC[C@]2(C)[C@H]3C(=O)C=C4[C@@H]5C[C@@](C)(C(=O)N[C@@H](CO)C(=O)NC6CC(C)(C)N(O)C(C)(C)C6)CC[C@]5(C)CC[C@@]4(C)[C@]3(C)CC[C@@H]12. The number of rotatable bonds is 5. The van der Waals surface area contributed by atoms with E-state index in [-0.39, 0.29) is 68.7 Å². The molecule has 51 heavy (non-hydrogen) atoms. The molecule has 5 N–H and O–H groups in total. The van der Waals surface area contributed by atoms with Crippen LogP contribution in [0, 0.1) is 50.2 Å². The largest absolute Gasteiger partial charge is 0.394 e. The maximum absolute atomic E-state index is 14.7. The Morgan fingerprint density at radius 2 is 1.47 bits per heavy atom. The summed E-state index contributed by atoms with van der Waals surface area (Å²) in [4.78, 5) is 42.5. The van der Waals surface area contributed by atoms with Gasteiger partial charge in [0.05, 0.1) is 12.7 Å². The molecule has 1 aliphatic heterocycles. The van der Waals surface area contributed by atoms with Crippen molar-refractivity contribution >= 4 is 17.6 Å². The molecular formula is C42H69N3O6. The Balaban J connectivity index is 1.24. The summed E-state index contributed by atoms with van der Waals surface area (Å²) < 4.78 is 0. The van der Waals surface area contributed by atoms with Crippen LogP contribution in [-0.2, 0) is 14.4 Å². The fourth-order valence-corrected chi connectivity index (χ4v) is 13.6. The molecule has 5 aliphatic carbocycles. The van der Waals surface area contributed by atoms with E-state index >= 15 is 0 Å². The van der Waals surface area contributed by atoms with Gasteiger partial charge in [-0.1, -0.05) is 54.0 Å². The number of aliphatic hydroxyl groups excluding tert-OH is 2. The number of allylic oxidation sites excluding steroid dienone is 2. The fourth-order valence-electron chi connectivity index (χ4n) is 13.6. The van der Waals surface area contributed by atoms with E-state index in [1.165, 1.54) is 10.6 Å². The lowest BCUT2D eigenvalue weighted by Gasteiger charge is -2.70. The molecule has 5 fully saturated rings. The quantitative estimate of drug-likeness (QED) is 0.225. The van der Waals surface area contributed by atoms with Crippen LogP contribution in [0.3, 0.4) is 0 Å². The van der Waals surface area contributed by atoms with Gasteiger partial charge in [-0.3, -0.25) is 14.4 Å². The highest BCUT2D eigenvalue weighted by atomic mass is 16.5. The topological polar surface area (TPSA) is 139 Å². The average Bonchev–Trinajstić information content (AvgIpc) is 3.02. The van der Waals surface area contributed by atoms with Crippen LogP contribution in [0.5, 0.6) is 0 Å². The van der Waals surface area contributed by atoms with Gasteiger partial charge in [-0.05, 0) is 143 Å². The minimum Gasteiger partial charge on any atom is -0.394 e. The Labute approximate surface area is 307 Å². The molecule has 0 aromatic carbocycles. The van der Waals surface area contributed by atoms with Crippen molar-refractivity contribution in [3.8, 4) is 0 Å². The van der Waals surface area contributed by atoms with Crippen molar-refractivity contribution in [2.24, 2.45) is 50.2 Å². The summed E-state index contributed by atoms with van der Waals surface area (Å²) >= 11 is 0. The highest BCUT2D eigenvalue weighted by Gasteiger charge is 2.70. The van der Waals surface area contributed by atoms with Crippen LogP contribution in [0.4, 0.5) is 0 Å². The standard InChI is InChI=1S/C42H69N3O6/c1-35(2)21-25(22-36(3,4)45(35)51)43-33(49)28(24-46)44-34(50)39(8)17-16-38(7)18-19-41(10)26(27(38)23-39)20-29(47)32-40(9)14-13-31(48)37(5,6)30(40)12-15-42(32,41)11/h20,25,27-28,30-32,46,48,51H,12-19,21-24H2,1-11H3,(H,43,49)(H,44,50)/t27-,28-,30-,31-,32+,38+,39-,40-,41+,42+/m0/s1. The zero-order valence-electron chi connectivity index (χ0n) is 33.5. The van der Waals surface area contributed by atoms with Crippen molar-refractivity contribution in [1.29, 1.82) is 0 Å². The highest BCUT2D eigenvalue weighted by molar-refractivity contribution is 5.96. The van der Waals surface area contributed by atoms with Crippen LogP contribution in [0.15, 0.2) is 11.6 Å². The van der Waals surface area contributed by atoms with Crippen LogP contribution < -0.4 is 10.6 Å². The Hall–Kier alpha value is -1.81. The van der Waals surface area contributed by atoms with Crippen LogP contribution in [-0.4, -0.2) is 74.0 Å². The average molecular weight is 712 g/mol. The fraction of sp³-hybridized carbons (Fsp3) is 0.881. The summed E-state index contributed by atoms with van der Waals surface area (Å²) in [5.74, 6) is -0.156. The van der Waals surface area contributed by atoms with Gasteiger partial charge in [0.1, 0.15) is 6.04 Å². The molecule has 10 atom stereocenters. The molecule has 6 aliphatic rings. The molecule has 4 saturated carbocycles. The summed E-state index contributed by atoms with van der Waals surface area (Å²) in [5.41, 5.74) is -1.48. The molecule has 0 unspecified atom stereocenters. The van der Waals surface area contributed by atoms with Crippen molar-refractivity contribution in [3.63, 3.8) is 0 Å². The lowest BCUT2D eigenvalue weighted by molar-refractivity contribution is -0.246. The van der Waals surface area contributed by atoms with Crippen molar-refractivity contribution in [1.82, 2.24) is 15.7 Å². The first-order valence-electron chi connectivity index (χ1n) is 20.0. The first-order valence-corrected chi connectivity index (χ1v) is 20.0. The van der Waals surface area contributed by atoms with Gasteiger partial charge in [0.15, 0.2) is 5.78 Å². The molecule has 0 radical (unpaired) electrons. The number of hydroxylamine groups is 2. The third-order valence-electron chi connectivity index (χ3n) is 16.9. The molecule has 9 heteroatoms. The number of carbonyl (C=O) groups excluding carboxylic acids is 3. The van der Waals surface area contributed by atoms with Gasteiger partial charge < -0.3 is 26.1 Å². The summed E-state index contributed by atoms with van der Waals surface area (Å²) in [7, 11) is 0. The smallest absolute Gasteiger partial charge is 0.245 e. The van der Waals surface area contributed by atoms with Gasteiger partial charge in [-0.2, -0.15) is 5.06 Å². The molecule has 288 valence electrons. The first kappa shape index (κ1) is 38.9. The van der Waals surface area contributed by atoms with Crippen LogP contribution >= 0.6 is 0 Å². The second-order valence-electron chi connectivity index (χ2n) is 21.4. The predicted octanol–water partition coefficient (Wildman–Crippen LogP) is 6.33. The highest BCUT2D eigenvalue weighted by Crippen LogP contribution is 2.75. The number of carbonyl (C=O) groups is 3. The number of fused-ring (bicyclic) bond motifs is 7. The third kappa shape index (κ3) is 5.71. The van der Waals surface area contributed by atoms with Gasteiger partial charge in [0.2, 0.25) is 11.8 Å². The Bertz CT molecular complexity index is 1470. The van der Waals surface area contributed by atoms with E-state index in [9.17, 15) is 29.8 Å². The van der Waals surface area contributed by atoms with E-state index in [0.29, 0.717) is 25.7 Å². The molecule has 9 nitrogen and oxygen atoms in total. The number of amides is 2.